The number of imide groups is 2. The minimum atomic E-state index is -0.755. The number of benzene rings is 3. The normalized spacial score (nSPS) is 14.0. The van der Waals surface area contributed by atoms with Crippen LogP contribution >= 0.6 is 22.6 Å². The van der Waals surface area contributed by atoms with Gasteiger partial charge in [0, 0.05) is 0 Å². The maximum atomic E-state index is 13.4. The van der Waals surface area contributed by atoms with Crippen molar-refractivity contribution in [2.24, 2.45) is 0 Å². The van der Waals surface area contributed by atoms with E-state index in [4.69, 9.17) is 4.74 Å². The van der Waals surface area contributed by atoms with Gasteiger partial charge in [-0.25, -0.2) is 14.6 Å². The predicted molar refractivity (Wildman–Crippen MR) is 133 cm³/mol. The van der Waals surface area contributed by atoms with Gasteiger partial charge in [-0.05, 0) is 77.6 Å². The first-order chi connectivity index (χ1) is 15.9. The van der Waals surface area contributed by atoms with Crippen LogP contribution in [0.4, 0.5) is 16.2 Å². The molecule has 0 spiro atoms. The van der Waals surface area contributed by atoms with Crippen molar-refractivity contribution in [3.63, 3.8) is 0 Å². The summed E-state index contributed by atoms with van der Waals surface area (Å²) in [6, 6.07) is 19.3. The fraction of sp³-hybridized carbons (Fsp3) is 0.0800. The maximum Gasteiger partial charge on any atom is 0.343 e. The molecule has 0 aliphatic carbocycles. The maximum absolute atomic E-state index is 13.4. The molecule has 0 unspecified atom stereocenters. The summed E-state index contributed by atoms with van der Waals surface area (Å²) in [5, 5.41) is 10.2. The Morgan fingerprint density at radius 1 is 0.879 bits per heavy atom. The molecule has 1 aliphatic heterocycles. The molecule has 7 nitrogen and oxygen atoms in total. The van der Waals surface area contributed by atoms with E-state index >= 15 is 0 Å². The zero-order valence-corrected chi connectivity index (χ0v) is 19.7. The Bertz CT molecular complexity index is 1200. The highest BCUT2D eigenvalue weighted by Crippen LogP contribution is 2.35. The first-order valence-corrected chi connectivity index (χ1v) is 11.2. The summed E-state index contributed by atoms with van der Waals surface area (Å²) >= 11 is 1.95. The number of amides is 4. The molecule has 166 valence electrons. The van der Waals surface area contributed by atoms with Gasteiger partial charge in [-0.3, -0.25) is 9.59 Å². The highest BCUT2D eigenvalue weighted by molar-refractivity contribution is 14.1. The molecular formula is C25H19IN2O5. The van der Waals surface area contributed by atoms with Crippen molar-refractivity contribution >= 4 is 57.9 Å². The second-order valence-corrected chi connectivity index (χ2v) is 8.24. The standard InChI is InChI=1S/C25H19IN2O5/c1-2-33-21-15-16(14-20(26)22(21)29)13-19-23(30)27(17-9-5-3-6-10-17)25(32)28(24(19)31)18-11-7-4-8-12-18/h3-15,29H,2H2,1H3. The molecule has 4 amide bonds. The third kappa shape index (κ3) is 4.34. The summed E-state index contributed by atoms with van der Waals surface area (Å²) in [6.45, 7) is 2.12. The van der Waals surface area contributed by atoms with Crippen molar-refractivity contribution in [3.8, 4) is 11.5 Å². The van der Waals surface area contributed by atoms with E-state index in [0.29, 0.717) is 27.1 Å². The lowest BCUT2D eigenvalue weighted by atomic mass is 10.0. The van der Waals surface area contributed by atoms with E-state index in [1.807, 2.05) is 22.6 Å². The molecule has 1 aliphatic rings. The molecule has 0 atom stereocenters. The fourth-order valence-corrected chi connectivity index (χ4v) is 4.07. The number of phenols is 1. The molecule has 0 radical (unpaired) electrons. The minimum absolute atomic E-state index is 0.0205. The molecule has 3 aromatic carbocycles. The number of para-hydroxylation sites is 2. The largest absolute Gasteiger partial charge is 0.504 e. The number of phenolic OH excluding ortho intramolecular Hbond substituents is 1. The van der Waals surface area contributed by atoms with Gasteiger partial charge in [0.1, 0.15) is 5.57 Å². The fourth-order valence-electron chi connectivity index (χ4n) is 3.45. The van der Waals surface area contributed by atoms with Gasteiger partial charge in [-0.1, -0.05) is 36.4 Å². The molecule has 4 rings (SSSR count). The van der Waals surface area contributed by atoms with Crippen LogP contribution in [0.5, 0.6) is 11.5 Å². The molecule has 1 N–H and O–H groups in total. The van der Waals surface area contributed by atoms with Crippen molar-refractivity contribution in [2.45, 2.75) is 6.92 Å². The molecule has 33 heavy (non-hydrogen) atoms. The third-order valence-corrected chi connectivity index (χ3v) is 5.76. The number of nitrogens with zero attached hydrogens (tertiary/aromatic N) is 2. The summed E-state index contributed by atoms with van der Waals surface area (Å²) in [7, 11) is 0. The van der Waals surface area contributed by atoms with E-state index in [2.05, 4.69) is 0 Å². The van der Waals surface area contributed by atoms with Gasteiger partial charge in [-0.15, -0.1) is 0 Å². The zero-order valence-electron chi connectivity index (χ0n) is 17.6. The smallest absolute Gasteiger partial charge is 0.343 e. The molecule has 3 aromatic rings. The number of hydrogen-bond acceptors (Lipinski definition) is 5. The van der Waals surface area contributed by atoms with Crippen molar-refractivity contribution in [1.29, 1.82) is 0 Å². The van der Waals surface area contributed by atoms with E-state index in [9.17, 15) is 19.5 Å². The topological polar surface area (TPSA) is 87.2 Å². The third-order valence-electron chi connectivity index (χ3n) is 4.94. The number of aromatic hydroxyl groups is 1. The number of anilines is 2. The SMILES string of the molecule is CCOc1cc(C=C2C(=O)N(c3ccccc3)C(=O)N(c3ccccc3)C2=O)cc(I)c1O. The quantitative estimate of drug-likeness (QED) is 0.273. The zero-order chi connectivity index (χ0) is 23.5. The van der Waals surface area contributed by atoms with Gasteiger partial charge >= 0.3 is 6.03 Å². The second-order valence-electron chi connectivity index (χ2n) is 7.08. The highest BCUT2D eigenvalue weighted by atomic mass is 127. The average molecular weight is 554 g/mol. The Balaban J connectivity index is 1.87. The summed E-state index contributed by atoms with van der Waals surface area (Å²) in [6.07, 6.45) is 1.41. The number of rotatable bonds is 5. The van der Waals surface area contributed by atoms with Gasteiger partial charge in [0.05, 0.1) is 21.6 Å². The Morgan fingerprint density at radius 3 is 1.88 bits per heavy atom. The van der Waals surface area contributed by atoms with Gasteiger partial charge < -0.3 is 9.84 Å². The van der Waals surface area contributed by atoms with Crippen LogP contribution in [0.1, 0.15) is 12.5 Å². The lowest BCUT2D eigenvalue weighted by Gasteiger charge is -2.33. The molecule has 1 heterocycles. The van der Waals surface area contributed by atoms with E-state index in [-0.39, 0.29) is 17.1 Å². The van der Waals surface area contributed by atoms with E-state index in [1.165, 1.54) is 6.08 Å². The lowest BCUT2D eigenvalue weighted by molar-refractivity contribution is -0.121. The molecule has 1 fully saturated rings. The highest BCUT2D eigenvalue weighted by Gasteiger charge is 2.43. The Hall–Kier alpha value is -3.66. The first-order valence-electron chi connectivity index (χ1n) is 10.1. The summed E-state index contributed by atoms with van der Waals surface area (Å²) in [4.78, 5) is 42.1. The van der Waals surface area contributed by atoms with Gasteiger partial charge in [0.2, 0.25) is 0 Å². The second kappa shape index (κ2) is 9.45. The van der Waals surface area contributed by atoms with Gasteiger partial charge in [0.15, 0.2) is 11.5 Å². The summed E-state index contributed by atoms with van der Waals surface area (Å²) in [5.41, 5.74) is 0.989. The van der Waals surface area contributed by atoms with E-state index < -0.39 is 17.8 Å². The van der Waals surface area contributed by atoms with Crippen LogP contribution in [0.2, 0.25) is 0 Å². The summed E-state index contributed by atoms with van der Waals surface area (Å²) < 4.78 is 5.97. The average Bonchev–Trinajstić information content (AvgIpc) is 2.81. The van der Waals surface area contributed by atoms with Crippen molar-refractivity contribution < 1.29 is 24.2 Å². The molecule has 0 saturated carbocycles. The van der Waals surface area contributed by atoms with Gasteiger partial charge in [-0.2, -0.15) is 0 Å². The Kier molecular flexibility index (Phi) is 6.45. The molecule has 0 aromatic heterocycles. The van der Waals surface area contributed by atoms with Crippen LogP contribution in [-0.4, -0.2) is 29.6 Å². The molecule has 1 saturated heterocycles. The lowest BCUT2D eigenvalue weighted by Crippen LogP contribution is -2.57. The van der Waals surface area contributed by atoms with Crippen LogP contribution < -0.4 is 14.5 Å². The number of carbonyl (C=O) groups is 3. The molecule has 8 heteroatoms. The number of barbiturate groups is 1. The summed E-state index contributed by atoms with van der Waals surface area (Å²) in [5.74, 6) is -1.25. The van der Waals surface area contributed by atoms with Crippen LogP contribution in [0.15, 0.2) is 78.4 Å². The number of carbonyl (C=O) groups excluding carboxylic acids is 3. The monoisotopic (exact) mass is 554 g/mol. The minimum Gasteiger partial charge on any atom is -0.504 e. The van der Waals surface area contributed by atoms with Crippen LogP contribution in [0.25, 0.3) is 6.08 Å². The van der Waals surface area contributed by atoms with Crippen LogP contribution in [-0.2, 0) is 9.59 Å². The Morgan fingerprint density at radius 2 is 1.39 bits per heavy atom. The molecular weight excluding hydrogens is 535 g/mol. The van der Waals surface area contributed by atoms with Crippen molar-refractivity contribution in [3.05, 3.63) is 87.5 Å². The number of halogens is 1. The van der Waals surface area contributed by atoms with Crippen LogP contribution in [0.3, 0.4) is 0 Å². The molecule has 0 bridgehead atoms. The van der Waals surface area contributed by atoms with Crippen molar-refractivity contribution in [2.75, 3.05) is 16.4 Å². The van der Waals surface area contributed by atoms with Gasteiger partial charge in [0.25, 0.3) is 11.8 Å². The number of ether oxygens (including phenoxy) is 1. The first kappa shape index (κ1) is 22.5. The van der Waals surface area contributed by atoms with E-state index in [0.717, 1.165) is 9.80 Å². The van der Waals surface area contributed by atoms with Crippen LogP contribution in [0, 0.1) is 3.57 Å². The number of urea groups is 1. The Labute approximate surface area is 204 Å². The van der Waals surface area contributed by atoms with Crippen molar-refractivity contribution in [1.82, 2.24) is 0 Å². The van der Waals surface area contributed by atoms with E-state index in [1.54, 1.807) is 79.7 Å². The number of hydrogen-bond donors (Lipinski definition) is 1. The predicted octanol–water partition coefficient (Wildman–Crippen LogP) is 4.98.